The summed E-state index contributed by atoms with van der Waals surface area (Å²) in [6.07, 6.45) is 0. The first-order chi connectivity index (χ1) is 9.19. The van der Waals surface area contributed by atoms with Crippen molar-refractivity contribution in [3.8, 4) is 0 Å². The predicted molar refractivity (Wildman–Crippen MR) is 89.8 cm³/mol. The first kappa shape index (κ1) is 13.6. The molecule has 1 atom stereocenters. The number of rotatable bonds is 3. The van der Waals surface area contributed by atoms with Gasteiger partial charge < -0.3 is 5.32 Å². The Balaban J connectivity index is 2.06. The van der Waals surface area contributed by atoms with E-state index in [1.54, 1.807) is 11.3 Å². The van der Waals surface area contributed by atoms with Crippen LogP contribution in [0.5, 0.6) is 0 Å². The second-order valence-electron chi connectivity index (χ2n) is 4.18. The molecule has 0 radical (unpaired) electrons. The van der Waals surface area contributed by atoms with Gasteiger partial charge in [-0.15, -0.1) is 22.7 Å². The Morgan fingerprint density at radius 2 is 1.89 bits per heavy atom. The summed E-state index contributed by atoms with van der Waals surface area (Å²) in [5, 5.41) is 5.45. The molecule has 98 valence electrons. The van der Waals surface area contributed by atoms with E-state index in [2.05, 4.69) is 51.6 Å². The molecule has 0 amide bonds. The number of hydrogen-bond donors (Lipinski definition) is 1. The van der Waals surface area contributed by atoms with Crippen LogP contribution in [0.1, 0.15) is 15.8 Å². The fourth-order valence-electron chi connectivity index (χ4n) is 2.07. The molecule has 0 saturated heterocycles. The van der Waals surface area contributed by atoms with E-state index >= 15 is 0 Å². The van der Waals surface area contributed by atoms with Crippen molar-refractivity contribution in [1.82, 2.24) is 5.32 Å². The molecule has 0 aliphatic rings. The van der Waals surface area contributed by atoms with Gasteiger partial charge in [-0.05, 0) is 46.6 Å². The van der Waals surface area contributed by atoms with Crippen molar-refractivity contribution in [3.05, 3.63) is 55.0 Å². The second-order valence-corrected chi connectivity index (χ2v) is 8.10. The Morgan fingerprint density at radius 1 is 1.16 bits per heavy atom. The quantitative estimate of drug-likeness (QED) is 0.623. The molecule has 0 aliphatic heterocycles. The SMILES string of the molecule is CNC(c1cc(Cl)c(Br)s1)c1cc2ccccc2s1. The minimum Gasteiger partial charge on any atom is -0.308 e. The van der Waals surface area contributed by atoms with Crippen LogP contribution in [-0.2, 0) is 0 Å². The first-order valence-corrected chi connectivity index (χ1v) is 8.60. The molecule has 1 N–H and O–H groups in total. The highest BCUT2D eigenvalue weighted by molar-refractivity contribution is 9.11. The third kappa shape index (κ3) is 2.60. The number of nitrogens with one attached hydrogen (secondary N) is 1. The lowest BCUT2D eigenvalue weighted by molar-refractivity contribution is 0.717. The Kier molecular flexibility index (Phi) is 3.96. The molecule has 5 heteroatoms. The Labute approximate surface area is 133 Å². The normalized spacial score (nSPS) is 13.0. The van der Waals surface area contributed by atoms with E-state index in [0.29, 0.717) is 0 Å². The summed E-state index contributed by atoms with van der Waals surface area (Å²) < 4.78 is 2.31. The molecule has 1 nitrogen and oxygen atoms in total. The lowest BCUT2D eigenvalue weighted by Crippen LogP contribution is -2.14. The van der Waals surface area contributed by atoms with E-state index in [9.17, 15) is 0 Å². The predicted octanol–water partition coefficient (Wildman–Crippen LogP) is 5.69. The monoisotopic (exact) mass is 371 g/mol. The second kappa shape index (κ2) is 5.54. The largest absolute Gasteiger partial charge is 0.308 e. The molecule has 19 heavy (non-hydrogen) atoms. The van der Waals surface area contributed by atoms with Crippen LogP contribution in [-0.4, -0.2) is 7.05 Å². The molecule has 0 bridgehead atoms. The third-order valence-electron chi connectivity index (χ3n) is 2.97. The van der Waals surface area contributed by atoms with Gasteiger partial charge in [0, 0.05) is 14.5 Å². The lowest BCUT2D eigenvalue weighted by Gasteiger charge is -2.11. The van der Waals surface area contributed by atoms with Gasteiger partial charge in [0.15, 0.2) is 0 Å². The van der Waals surface area contributed by atoms with Crippen LogP contribution in [0.4, 0.5) is 0 Å². The Morgan fingerprint density at radius 3 is 2.53 bits per heavy atom. The summed E-state index contributed by atoms with van der Waals surface area (Å²) in [5.74, 6) is 0. The fourth-order valence-corrected chi connectivity index (χ4v) is 5.22. The van der Waals surface area contributed by atoms with E-state index < -0.39 is 0 Å². The lowest BCUT2D eigenvalue weighted by atomic mass is 10.2. The summed E-state index contributed by atoms with van der Waals surface area (Å²) >= 11 is 13.1. The van der Waals surface area contributed by atoms with E-state index in [0.717, 1.165) is 8.81 Å². The number of benzene rings is 1. The summed E-state index contributed by atoms with van der Waals surface area (Å²) in [6.45, 7) is 0. The molecule has 0 spiro atoms. The average Bonchev–Trinajstić information content (AvgIpc) is 2.95. The maximum atomic E-state index is 6.14. The molecule has 3 rings (SSSR count). The van der Waals surface area contributed by atoms with Crippen molar-refractivity contribution in [3.63, 3.8) is 0 Å². The van der Waals surface area contributed by atoms with Gasteiger partial charge in [0.1, 0.15) is 0 Å². The van der Waals surface area contributed by atoms with Crippen molar-refractivity contribution in [2.24, 2.45) is 0 Å². The third-order valence-corrected chi connectivity index (χ3v) is 6.69. The van der Waals surface area contributed by atoms with E-state index in [4.69, 9.17) is 11.6 Å². The molecule has 1 aromatic carbocycles. The zero-order valence-electron chi connectivity index (χ0n) is 10.1. The molecule has 2 aromatic heterocycles. The summed E-state index contributed by atoms with van der Waals surface area (Å²) in [6, 6.07) is 12.9. The van der Waals surface area contributed by atoms with E-state index in [1.807, 2.05) is 24.5 Å². The van der Waals surface area contributed by atoms with Crippen molar-refractivity contribution in [2.45, 2.75) is 6.04 Å². The summed E-state index contributed by atoms with van der Waals surface area (Å²) in [4.78, 5) is 2.54. The molecule has 0 aliphatic carbocycles. The van der Waals surface area contributed by atoms with Gasteiger partial charge in [-0.25, -0.2) is 0 Å². The maximum Gasteiger partial charge on any atom is 0.0888 e. The standard InChI is InChI=1S/C14H11BrClNS2/c1-17-13(12-7-9(16)14(15)19-12)11-6-8-4-2-3-5-10(8)18-11/h2-7,13,17H,1H3. The van der Waals surface area contributed by atoms with Crippen molar-refractivity contribution < 1.29 is 0 Å². The van der Waals surface area contributed by atoms with Crippen LogP contribution < -0.4 is 5.32 Å². The highest BCUT2D eigenvalue weighted by atomic mass is 79.9. The van der Waals surface area contributed by atoms with Gasteiger partial charge in [0.05, 0.1) is 14.9 Å². The maximum absolute atomic E-state index is 6.14. The number of hydrogen-bond acceptors (Lipinski definition) is 3. The van der Waals surface area contributed by atoms with Crippen LogP contribution in [0, 0.1) is 0 Å². The van der Waals surface area contributed by atoms with Crippen LogP contribution in [0.15, 0.2) is 40.2 Å². The smallest absolute Gasteiger partial charge is 0.0888 e. The Hall–Kier alpha value is -0.390. The van der Waals surface area contributed by atoms with Gasteiger partial charge in [0.25, 0.3) is 0 Å². The molecule has 0 fully saturated rings. The average molecular weight is 373 g/mol. The summed E-state index contributed by atoms with van der Waals surface area (Å²) in [7, 11) is 1.98. The topological polar surface area (TPSA) is 12.0 Å². The zero-order valence-corrected chi connectivity index (χ0v) is 14.1. The molecular weight excluding hydrogens is 362 g/mol. The van der Waals surface area contributed by atoms with Crippen LogP contribution >= 0.6 is 50.2 Å². The molecule has 3 aromatic rings. The van der Waals surface area contributed by atoms with Gasteiger partial charge in [-0.1, -0.05) is 29.8 Å². The number of halogens is 2. The van der Waals surface area contributed by atoms with Gasteiger partial charge >= 0.3 is 0 Å². The van der Waals surface area contributed by atoms with Gasteiger partial charge in [0.2, 0.25) is 0 Å². The van der Waals surface area contributed by atoms with Crippen molar-refractivity contribution >= 4 is 60.3 Å². The minimum atomic E-state index is 0.200. The number of thiophene rings is 2. The molecule has 2 heterocycles. The van der Waals surface area contributed by atoms with Crippen LogP contribution in [0.2, 0.25) is 5.02 Å². The van der Waals surface area contributed by atoms with E-state index in [1.165, 1.54) is 19.8 Å². The van der Waals surface area contributed by atoms with Crippen LogP contribution in [0.25, 0.3) is 10.1 Å². The first-order valence-electron chi connectivity index (χ1n) is 5.79. The fraction of sp³-hybridized carbons (Fsp3) is 0.143. The van der Waals surface area contributed by atoms with E-state index in [-0.39, 0.29) is 6.04 Å². The Bertz CT molecular complexity index is 667. The van der Waals surface area contributed by atoms with Crippen LogP contribution in [0.3, 0.4) is 0 Å². The minimum absolute atomic E-state index is 0.200. The number of fused-ring (bicyclic) bond motifs is 1. The van der Waals surface area contributed by atoms with Crippen molar-refractivity contribution in [2.75, 3.05) is 7.05 Å². The zero-order chi connectivity index (χ0) is 13.4. The molecular formula is C14H11BrClNS2. The van der Waals surface area contributed by atoms with Crippen molar-refractivity contribution in [1.29, 1.82) is 0 Å². The van der Waals surface area contributed by atoms with Gasteiger partial charge in [-0.2, -0.15) is 0 Å². The summed E-state index contributed by atoms with van der Waals surface area (Å²) in [5.41, 5.74) is 0. The molecule has 0 saturated carbocycles. The van der Waals surface area contributed by atoms with Gasteiger partial charge in [-0.3, -0.25) is 0 Å². The highest BCUT2D eigenvalue weighted by Crippen LogP contribution is 2.40. The highest BCUT2D eigenvalue weighted by Gasteiger charge is 2.18. The molecule has 1 unspecified atom stereocenters.